The number of carboxylic acid groups (broad SMARTS) is 1. The second-order valence-corrected chi connectivity index (χ2v) is 4.93. The zero-order valence-corrected chi connectivity index (χ0v) is 11.6. The van der Waals surface area contributed by atoms with Crippen LogP contribution in [0.2, 0.25) is 0 Å². The summed E-state index contributed by atoms with van der Waals surface area (Å²) in [6.45, 7) is 2.87. The van der Waals surface area contributed by atoms with E-state index >= 15 is 0 Å². The van der Waals surface area contributed by atoms with Crippen molar-refractivity contribution in [2.24, 2.45) is 0 Å². The maximum absolute atomic E-state index is 12.6. The van der Waals surface area contributed by atoms with Crippen LogP contribution in [0.1, 0.15) is 19.5 Å². The third kappa shape index (κ3) is 3.15. The number of nitrogens with zero attached hydrogens (tertiary/aromatic N) is 4. The summed E-state index contributed by atoms with van der Waals surface area (Å²) in [5.74, 6) is -1.36. The minimum Gasteiger partial charge on any atom is -0.479 e. The summed E-state index contributed by atoms with van der Waals surface area (Å²) >= 11 is 0. The van der Waals surface area contributed by atoms with Crippen molar-refractivity contribution in [1.29, 1.82) is 0 Å². The largest absolute Gasteiger partial charge is 0.479 e. The summed E-state index contributed by atoms with van der Waals surface area (Å²) in [5, 5.41) is 15.5. The van der Waals surface area contributed by atoms with Gasteiger partial charge in [-0.3, -0.25) is 4.68 Å². The molecule has 0 saturated heterocycles. The third-order valence-electron chi connectivity index (χ3n) is 2.88. The second-order valence-electron chi connectivity index (χ2n) is 4.93. The van der Waals surface area contributed by atoms with Crippen LogP contribution in [0.5, 0.6) is 0 Å². The maximum atomic E-state index is 12.6. The van der Waals surface area contributed by atoms with Crippen molar-refractivity contribution in [3.05, 3.63) is 30.4 Å². The van der Waals surface area contributed by atoms with Gasteiger partial charge in [-0.15, -0.1) is 0 Å². The molecule has 0 aromatic carbocycles. The van der Waals surface area contributed by atoms with Crippen molar-refractivity contribution in [1.82, 2.24) is 19.7 Å². The second kappa shape index (κ2) is 5.28. The van der Waals surface area contributed by atoms with Gasteiger partial charge in [0.25, 0.3) is 0 Å². The van der Waals surface area contributed by atoms with Gasteiger partial charge in [-0.1, -0.05) is 0 Å². The highest BCUT2D eigenvalue weighted by Gasteiger charge is 2.33. The molecular weight excluding hydrogens is 303 g/mol. The molecule has 0 saturated carbocycles. The van der Waals surface area contributed by atoms with Gasteiger partial charge < -0.3 is 10.4 Å². The molecule has 7 nitrogen and oxygen atoms in total. The Kier molecular flexibility index (Phi) is 3.77. The first-order valence-corrected chi connectivity index (χ1v) is 6.06. The Labute approximate surface area is 122 Å². The number of alkyl halides is 3. The summed E-state index contributed by atoms with van der Waals surface area (Å²) in [6, 6.07) is 0.752. The summed E-state index contributed by atoms with van der Waals surface area (Å²) < 4.78 is 38.8. The molecule has 0 aliphatic rings. The summed E-state index contributed by atoms with van der Waals surface area (Å²) in [7, 11) is 0. The molecule has 0 spiro atoms. The number of hydrogen-bond acceptors (Lipinski definition) is 5. The van der Waals surface area contributed by atoms with Crippen LogP contribution in [0.4, 0.5) is 24.8 Å². The highest BCUT2D eigenvalue weighted by molar-refractivity contribution is 5.75. The molecule has 10 heteroatoms. The standard InChI is InChI=1S/C12H12F3N5O2/c1-11(2,9(21)22)20-6-7(5-17-20)18-10-16-4-3-8(19-10)12(13,14)15/h3-6H,1-2H3,(H,21,22)(H,16,18,19). The Balaban J connectivity index is 2.23. The Bertz CT molecular complexity index is 696. The highest BCUT2D eigenvalue weighted by atomic mass is 19.4. The van der Waals surface area contributed by atoms with Crippen molar-refractivity contribution in [3.63, 3.8) is 0 Å². The summed E-state index contributed by atoms with van der Waals surface area (Å²) in [4.78, 5) is 18.1. The van der Waals surface area contributed by atoms with E-state index in [4.69, 9.17) is 5.11 Å². The van der Waals surface area contributed by atoms with Crippen molar-refractivity contribution in [2.75, 3.05) is 5.32 Å². The van der Waals surface area contributed by atoms with Crippen LogP contribution in [0, 0.1) is 0 Å². The fraction of sp³-hybridized carbons (Fsp3) is 0.333. The lowest BCUT2D eigenvalue weighted by Gasteiger charge is -2.19. The van der Waals surface area contributed by atoms with E-state index in [1.807, 2.05) is 0 Å². The van der Waals surface area contributed by atoms with Crippen molar-refractivity contribution in [3.8, 4) is 0 Å². The lowest BCUT2D eigenvalue weighted by Crippen LogP contribution is -2.35. The first kappa shape index (κ1) is 15.7. The van der Waals surface area contributed by atoms with E-state index in [9.17, 15) is 18.0 Å². The average molecular weight is 315 g/mol. The summed E-state index contributed by atoms with van der Waals surface area (Å²) in [5.41, 5.74) is -2.11. The van der Waals surface area contributed by atoms with Gasteiger partial charge in [0.15, 0.2) is 5.54 Å². The molecular formula is C12H12F3N5O2. The summed E-state index contributed by atoms with van der Waals surface area (Å²) in [6.07, 6.45) is -0.981. The van der Waals surface area contributed by atoms with Crippen LogP contribution in [-0.2, 0) is 16.5 Å². The molecule has 2 aromatic heterocycles. The lowest BCUT2D eigenvalue weighted by molar-refractivity contribution is -0.146. The zero-order chi connectivity index (χ0) is 16.5. The number of rotatable bonds is 4. The van der Waals surface area contributed by atoms with E-state index in [0.29, 0.717) is 0 Å². The van der Waals surface area contributed by atoms with Gasteiger partial charge in [-0.05, 0) is 19.9 Å². The van der Waals surface area contributed by atoms with Crippen molar-refractivity contribution < 1.29 is 23.1 Å². The SMILES string of the molecule is CC(C)(C(=O)O)n1cc(Nc2nccc(C(F)(F)F)n2)cn1. The predicted octanol–water partition coefficient (Wildman–Crippen LogP) is 2.26. The number of carbonyl (C=O) groups is 1. The molecule has 0 aliphatic heterocycles. The van der Waals surface area contributed by atoms with E-state index in [1.54, 1.807) is 0 Å². The molecule has 0 fully saturated rings. The molecule has 2 N–H and O–H groups in total. The topological polar surface area (TPSA) is 92.9 Å². The molecule has 0 unspecified atom stereocenters. The van der Waals surface area contributed by atoms with Gasteiger partial charge >= 0.3 is 12.1 Å². The molecule has 0 aliphatic carbocycles. The first-order valence-electron chi connectivity index (χ1n) is 6.06. The van der Waals surface area contributed by atoms with Crippen LogP contribution in [0.3, 0.4) is 0 Å². The van der Waals surface area contributed by atoms with E-state index in [1.165, 1.54) is 30.9 Å². The number of nitrogens with one attached hydrogen (secondary N) is 1. The predicted molar refractivity (Wildman–Crippen MR) is 69.5 cm³/mol. The fourth-order valence-electron chi connectivity index (χ4n) is 1.50. The van der Waals surface area contributed by atoms with Crippen molar-refractivity contribution >= 4 is 17.6 Å². The minimum absolute atomic E-state index is 0.262. The smallest absolute Gasteiger partial charge is 0.433 e. The molecule has 2 rings (SSSR count). The number of hydrogen-bond donors (Lipinski definition) is 2. The number of aliphatic carboxylic acids is 1. The Hall–Kier alpha value is -2.65. The molecule has 0 bridgehead atoms. The van der Waals surface area contributed by atoms with Crippen LogP contribution < -0.4 is 5.32 Å². The molecule has 118 valence electrons. The number of aromatic nitrogens is 4. The van der Waals surface area contributed by atoms with E-state index < -0.39 is 23.4 Å². The molecule has 0 atom stereocenters. The maximum Gasteiger partial charge on any atom is 0.433 e. The van der Waals surface area contributed by atoms with Gasteiger partial charge in [0.1, 0.15) is 5.69 Å². The van der Waals surface area contributed by atoms with Gasteiger partial charge in [0.05, 0.1) is 11.9 Å². The van der Waals surface area contributed by atoms with Crippen LogP contribution in [0.25, 0.3) is 0 Å². The quantitative estimate of drug-likeness (QED) is 0.899. The third-order valence-corrected chi connectivity index (χ3v) is 2.88. The molecule has 0 radical (unpaired) electrons. The minimum atomic E-state index is -4.57. The van der Waals surface area contributed by atoms with Crippen LogP contribution >= 0.6 is 0 Å². The molecule has 2 aromatic rings. The molecule has 0 amide bonds. The average Bonchev–Trinajstić information content (AvgIpc) is 2.87. The van der Waals surface area contributed by atoms with Gasteiger partial charge in [0.2, 0.25) is 5.95 Å². The monoisotopic (exact) mass is 315 g/mol. The first-order chi connectivity index (χ1) is 10.1. The Morgan fingerprint density at radius 2 is 2.05 bits per heavy atom. The van der Waals surface area contributed by atoms with Crippen molar-refractivity contribution in [2.45, 2.75) is 25.6 Å². The Morgan fingerprint density at radius 1 is 1.36 bits per heavy atom. The molecule has 2 heterocycles. The van der Waals surface area contributed by atoms with Gasteiger partial charge in [-0.2, -0.15) is 18.3 Å². The van der Waals surface area contributed by atoms with Gasteiger partial charge in [-0.25, -0.2) is 14.8 Å². The highest BCUT2D eigenvalue weighted by Crippen LogP contribution is 2.28. The van der Waals surface area contributed by atoms with E-state index in [2.05, 4.69) is 20.4 Å². The van der Waals surface area contributed by atoms with Crippen LogP contribution in [-0.4, -0.2) is 30.8 Å². The van der Waals surface area contributed by atoms with Gasteiger partial charge in [0, 0.05) is 12.4 Å². The van der Waals surface area contributed by atoms with E-state index in [-0.39, 0.29) is 11.6 Å². The normalized spacial score (nSPS) is 12.2. The number of anilines is 2. The molecule has 22 heavy (non-hydrogen) atoms. The van der Waals surface area contributed by atoms with Crippen LogP contribution in [0.15, 0.2) is 24.7 Å². The fourth-order valence-corrected chi connectivity index (χ4v) is 1.50. The van der Waals surface area contributed by atoms with E-state index in [0.717, 1.165) is 12.3 Å². The Morgan fingerprint density at radius 3 is 2.64 bits per heavy atom. The lowest BCUT2D eigenvalue weighted by atomic mass is 10.1. The zero-order valence-electron chi connectivity index (χ0n) is 11.6. The number of halogens is 3. The number of carboxylic acids is 1.